The maximum Gasteiger partial charge on any atom is 0.225 e. The molecule has 2 atom stereocenters. The quantitative estimate of drug-likeness (QED) is 0.437. The number of halogens is 1. The largest absolute Gasteiger partial charge is 0.484 e. The van der Waals surface area contributed by atoms with Gasteiger partial charge in [-0.15, -0.1) is 5.10 Å². The fourth-order valence-corrected chi connectivity index (χ4v) is 3.92. The molecule has 0 radical (unpaired) electrons. The molecule has 1 aliphatic heterocycles. The van der Waals surface area contributed by atoms with E-state index in [2.05, 4.69) is 47.5 Å². The first-order valence-corrected chi connectivity index (χ1v) is 10.7. The standard InChI is InChI=1S/C21H23FN10O/c1-14-9-23-21(24-10-14)30-6-5-18(7-15(30)2)32-26-11-16(27-32)12-33-20-4-3-17(8-19(20)22)31-13-25-28-29-31/h3-4,8-11,13,15,18H,5-7,12H2,1-2H3. The summed E-state index contributed by atoms with van der Waals surface area (Å²) in [7, 11) is 0. The van der Waals surface area contributed by atoms with Crippen molar-refractivity contribution in [1.82, 2.24) is 45.2 Å². The highest BCUT2D eigenvalue weighted by molar-refractivity contribution is 5.37. The van der Waals surface area contributed by atoms with E-state index >= 15 is 0 Å². The molecule has 1 aliphatic rings. The molecule has 1 fully saturated rings. The molecule has 0 bridgehead atoms. The van der Waals surface area contributed by atoms with Crippen molar-refractivity contribution >= 4 is 5.95 Å². The van der Waals surface area contributed by atoms with Crippen LogP contribution in [0.1, 0.15) is 37.1 Å². The van der Waals surface area contributed by atoms with Crippen LogP contribution >= 0.6 is 0 Å². The molecule has 0 aliphatic carbocycles. The van der Waals surface area contributed by atoms with Gasteiger partial charge in [0.05, 0.1) is 17.9 Å². The Labute approximate surface area is 189 Å². The van der Waals surface area contributed by atoms with Crippen molar-refractivity contribution in [3.8, 4) is 11.4 Å². The number of hydrogen-bond acceptors (Lipinski definition) is 9. The monoisotopic (exact) mass is 450 g/mol. The van der Waals surface area contributed by atoms with Gasteiger partial charge in [0.15, 0.2) is 11.6 Å². The molecule has 4 aromatic rings. The van der Waals surface area contributed by atoms with E-state index in [-0.39, 0.29) is 24.4 Å². The zero-order chi connectivity index (χ0) is 22.8. The number of piperidine rings is 1. The van der Waals surface area contributed by atoms with Crippen LogP contribution < -0.4 is 9.64 Å². The fraction of sp³-hybridized carbons (Fsp3) is 0.381. The van der Waals surface area contributed by atoms with Crippen LogP contribution in [0.5, 0.6) is 5.75 Å². The maximum absolute atomic E-state index is 14.4. The van der Waals surface area contributed by atoms with Gasteiger partial charge in [0.2, 0.25) is 5.95 Å². The van der Waals surface area contributed by atoms with Gasteiger partial charge < -0.3 is 9.64 Å². The molecular weight excluding hydrogens is 427 g/mol. The number of rotatable bonds is 6. The molecule has 1 saturated heterocycles. The van der Waals surface area contributed by atoms with Gasteiger partial charge in [-0.2, -0.15) is 15.0 Å². The molecule has 11 nitrogen and oxygen atoms in total. The van der Waals surface area contributed by atoms with Gasteiger partial charge >= 0.3 is 0 Å². The molecular formula is C21H23FN10O. The van der Waals surface area contributed by atoms with E-state index in [0.717, 1.165) is 30.9 Å². The Hall–Kier alpha value is -3.96. The van der Waals surface area contributed by atoms with Gasteiger partial charge in [-0.3, -0.25) is 0 Å². The number of tetrazole rings is 1. The first-order valence-electron chi connectivity index (χ1n) is 10.7. The molecule has 0 saturated carbocycles. The van der Waals surface area contributed by atoms with Crippen molar-refractivity contribution in [2.75, 3.05) is 11.4 Å². The molecule has 4 heterocycles. The summed E-state index contributed by atoms with van der Waals surface area (Å²) in [6.07, 6.45) is 8.48. The van der Waals surface area contributed by atoms with Gasteiger partial charge in [0.1, 0.15) is 18.6 Å². The average Bonchev–Trinajstić information content (AvgIpc) is 3.52. The molecule has 33 heavy (non-hydrogen) atoms. The minimum absolute atomic E-state index is 0.118. The van der Waals surface area contributed by atoms with Crippen molar-refractivity contribution in [3.63, 3.8) is 0 Å². The second-order valence-electron chi connectivity index (χ2n) is 8.10. The first kappa shape index (κ1) is 20.9. The lowest BCUT2D eigenvalue weighted by atomic mass is 9.99. The Morgan fingerprint density at radius 1 is 1.18 bits per heavy atom. The summed E-state index contributed by atoms with van der Waals surface area (Å²) in [4.78, 5) is 12.9. The molecule has 170 valence electrons. The molecule has 0 spiro atoms. The van der Waals surface area contributed by atoms with Crippen LogP contribution in [0.15, 0.2) is 43.1 Å². The fourth-order valence-electron chi connectivity index (χ4n) is 3.92. The third-order valence-corrected chi connectivity index (χ3v) is 5.66. The lowest BCUT2D eigenvalue weighted by Gasteiger charge is -2.37. The SMILES string of the molecule is Cc1cnc(N2CCC(n3ncc(COc4ccc(-n5cnnn5)cc4F)n3)CC2C)nc1. The molecule has 5 rings (SSSR count). The van der Waals surface area contributed by atoms with Crippen LogP contribution in [0.3, 0.4) is 0 Å². The van der Waals surface area contributed by atoms with Crippen molar-refractivity contribution in [3.05, 3.63) is 60.2 Å². The highest BCUT2D eigenvalue weighted by atomic mass is 19.1. The van der Waals surface area contributed by atoms with Crippen LogP contribution in [0.2, 0.25) is 0 Å². The third kappa shape index (κ3) is 4.49. The van der Waals surface area contributed by atoms with Crippen molar-refractivity contribution in [2.45, 2.75) is 45.4 Å². The molecule has 1 aromatic carbocycles. The highest BCUT2D eigenvalue weighted by Crippen LogP contribution is 2.28. The van der Waals surface area contributed by atoms with Crippen LogP contribution in [-0.2, 0) is 6.61 Å². The van der Waals surface area contributed by atoms with E-state index in [1.165, 1.54) is 17.1 Å². The second-order valence-corrected chi connectivity index (χ2v) is 8.10. The molecule has 3 aromatic heterocycles. The summed E-state index contributed by atoms with van der Waals surface area (Å²) < 4.78 is 21.4. The van der Waals surface area contributed by atoms with Crippen LogP contribution in [0.25, 0.3) is 5.69 Å². The topological polar surface area (TPSA) is 113 Å². The summed E-state index contributed by atoms with van der Waals surface area (Å²) in [5, 5.41) is 19.8. The summed E-state index contributed by atoms with van der Waals surface area (Å²) in [5.74, 6) is 0.374. The van der Waals surface area contributed by atoms with E-state index in [0.29, 0.717) is 11.4 Å². The van der Waals surface area contributed by atoms with Crippen molar-refractivity contribution in [2.24, 2.45) is 0 Å². The number of aromatic nitrogens is 9. The van der Waals surface area contributed by atoms with Gasteiger partial charge in [0.25, 0.3) is 0 Å². The van der Waals surface area contributed by atoms with E-state index in [1.807, 2.05) is 19.3 Å². The minimum Gasteiger partial charge on any atom is -0.484 e. The number of hydrogen-bond donors (Lipinski definition) is 0. The maximum atomic E-state index is 14.4. The van der Waals surface area contributed by atoms with E-state index in [9.17, 15) is 4.39 Å². The summed E-state index contributed by atoms with van der Waals surface area (Å²) in [6.45, 7) is 5.07. The number of benzene rings is 1. The Morgan fingerprint density at radius 2 is 2.03 bits per heavy atom. The molecule has 0 amide bonds. The van der Waals surface area contributed by atoms with Crippen molar-refractivity contribution < 1.29 is 9.13 Å². The normalized spacial score (nSPS) is 18.5. The summed E-state index contributed by atoms with van der Waals surface area (Å²) >= 11 is 0. The predicted octanol–water partition coefficient (Wildman–Crippen LogP) is 2.30. The van der Waals surface area contributed by atoms with E-state index in [4.69, 9.17) is 4.74 Å². The Balaban J connectivity index is 1.19. The first-order chi connectivity index (χ1) is 16.1. The van der Waals surface area contributed by atoms with Gasteiger partial charge in [-0.05, 0) is 54.8 Å². The number of ether oxygens (including phenoxy) is 1. The molecule has 12 heteroatoms. The zero-order valence-electron chi connectivity index (χ0n) is 18.3. The Bertz CT molecular complexity index is 1210. The van der Waals surface area contributed by atoms with E-state index < -0.39 is 5.82 Å². The van der Waals surface area contributed by atoms with E-state index in [1.54, 1.807) is 23.1 Å². The number of nitrogens with zero attached hydrogens (tertiary/aromatic N) is 10. The predicted molar refractivity (Wildman–Crippen MR) is 115 cm³/mol. The molecule has 0 N–H and O–H groups in total. The van der Waals surface area contributed by atoms with Crippen LogP contribution in [-0.4, -0.2) is 57.8 Å². The lowest BCUT2D eigenvalue weighted by molar-refractivity contribution is 0.273. The summed E-state index contributed by atoms with van der Waals surface area (Å²) in [5.41, 5.74) is 2.18. The second kappa shape index (κ2) is 8.88. The smallest absolute Gasteiger partial charge is 0.225 e. The summed E-state index contributed by atoms with van der Waals surface area (Å²) in [6, 6.07) is 4.96. The molecule has 2 unspecified atom stereocenters. The third-order valence-electron chi connectivity index (χ3n) is 5.66. The number of anilines is 1. The minimum atomic E-state index is -0.505. The van der Waals surface area contributed by atoms with Crippen LogP contribution in [0, 0.1) is 12.7 Å². The van der Waals surface area contributed by atoms with Crippen molar-refractivity contribution in [1.29, 1.82) is 0 Å². The lowest BCUT2D eigenvalue weighted by Crippen LogP contribution is -2.42. The van der Waals surface area contributed by atoms with Gasteiger partial charge in [-0.1, -0.05) is 0 Å². The number of aryl methyl sites for hydroxylation is 1. The Kier molecular flexibility index (Phi) is 5.63. The van der Waals surface area contributed by atoms with Crippen LogP contribution in [0.4, 0.5) is 10.3 Å². The highest BCUT2D eigenvalue weighted by Gasteiger charge is 2.29. The zero-order valence-corrected chi connectivity index (χ0v) is 18.3. The average molecular weight is 450 g/mol. The Morgan fingerprint density at radius 3 is 2.76 bits per heavy atom. The van der Waals surface area contributed by atoms with Gasteiger partial charge in [-0.25, -0.2) is 19.0 Å². The van der Waals surface area contributed by atoms with Gasteiger partial charge in [0, 0.05) is 31.0 Å².